The van der Waals surface area contributed by atoms with E-state index in [0.29, 0.717) is 18.2 Å². The van der Waals surface area contributed by atoms with Crippen molar-refractivity contribution in [2.75, 3.05) is 26.3 Å². The van der Waals surface area contributed by atoms with Crippen molar-refractivity contribution in [2.24, 2.45) is 5.92 Å². The highest BCUT2D eigenvalue weighted by Gasteiger charge is 2.29. The van der Waals surface area contributed by atoms with Crippen LogP contribution in [-0.2, 0) is 17.8 Å². The quantitative estimate of drug-likeness (QED) is 0.887. The molecule has 26 heavy (non-hydrogen) atoms. The van der Waals surface area contributed by atoms with Gasteiger partial charge in [-0.2, -0.15) is 0 Å². The molecule has 4 heterocycles. The van der Waals surface area contributed by atoms with Gasteiger partial charge in [-0.3, -0.25) is 9.69 Å². The molecule has 1 amide bonds. The molecule has 2 aromatic heterocycles. The second-order valence-corrected chi connectivity index (χ2v) is 7.17. The summed E-state index contributed by atoms with van der Waals surface area (Å²) in [5.41, 5.74) is 0.478. The summed E-state index contributed by atoms with van der Waals surface area (Å²) in [6, 6.07) is 3.87. The van der Waals surface area contributed by atoms with Gasteiger partial charge in [0.25, 0.3) is 5.91 Å². The van der Waals surface area contributed by atoms with Crippen molar-refractivity contribution in [3.8, 4) is 0 Å². The van der Waals surface area contributed by atoms with Crippen molar-refractivity contribution in [2.45, 2.75) is 38.9 Å². The Balaban J connectivity index is 1.39. The number of rotatable bonds is 5. The van der Waals surface area contributed by atoms with Crippen molar-refractivity contribution >= 4 is 5.91 Å². The predicted molar refractivity (Wildman–Crippen MR) is 95.6 cm³/mol. The number of hydrogen-bond donors (Lipinski definition) is 1. The molecule has 4 rings (SSSR count). The van der Waals surface area contributed by atoms with E-state index in [1.807, 2.05) is 18.3 Å². The molecule has 0 unspecified atom stereocenters. The molecule has 0 aromatic carbocycles. The Morgan fingerprint density at radius 1 is 1.35 bits per heavy atom. The Bertz CT molecular complexity index is 734. The van der Waals surface area contributed by atoms with Crippen LogP contribution in [0.1, 0.15) is 47.9 Å². The van der Waals surface area contributed by atoms with Crippen LogP contribution < -0.4 is 5.32 Å². The number of imidazole rings is 1. The third-order valence-corrected chi connectivity index (χ3v) is 5.43. The van der Waals surface area contributed by atoms with E-state index in [1.165, 1.54) is 0 Å². The molecular weight excluding hydrogens is 332 g/mol. The number of aromatic nitrogens is 2. The summed E-state index contributed by atoms with van der Waals surface area (Å²) in [5.74, 6) is 2.25. The third-order valence-electron chi connectivity index (χ3n) is 5.43. The van der Waals surface area contributed by atoms with Gasteiger partial charge in [0.15, 0.2) is 0 Å². The van der Waals surface area contributed by atoms with E-state index in [-0.39, 0.29) is 11.9 Å². The van der Waals surface area contributed by atoms with Crippen LogP contribution in [0.3, 0.4) is 0 Å². The Kier molecular flexibility index (Phi) is 5.08. The third kappa shape index (κ3) is 3.68. The number of carbonyl (C=O) groups excluding carboxylic acids is 1. The van der Waals surface area contributed by atoms with Crippen LogP contribution in [0.15, 0.2) is 29.0 Å². The van der Waals surface area contributed by atoms with Gasteiger partial charge in [0.05, 0.1) is 18.8 Å². The standard InChI is InChI=1S/C19H26N4O3/c1-14-18-21-17(19(24)20-11-16-3-2-8-26-16)13-23(18)7-6-22(14)12-15-4-9-25-10-5-15/h2-3,8,13-15H,4-7,9-12H2,1H3,(H,20,24)/t14-/m0/s1. The number of nitrogens with one attached hydrogen (secondary N) is 1. The lowest BCUT2D eigenvalue weighted by Crippen LogP contribution is -2.40. The van der Waals surface area contributed by atoms with Gasteiger partial charge in [-0.05, 0) is 37.8 Å². The molecule has 2 aliphatic rings. The Morgan fingerprint density at radius 2 is 2.19 bits per heavy atom. The number of hydrogen-bond acceptors (Lipinski definition) is 5. The molecule has 0 bridgehead atoms. The zero-order valence-electron chi connectivity index (χ0n) is 15.2. The van der Waals surface area contributed by atoms with E-state index in [2.05, 4.69) is 26.7 Å². The molecule has 0 aliphatic carbocycles. The van der Waals surface area contributed by atoms with Gasteiger partial charge in [0.1, 0.15) is 17.3 Å². The molecule has 1 fully saturated rings. The Morgan fingerprint density at radius 3 is 2.96 bits per heavy atom. The average molecular weight is 358 g/mol. The lowest BCUT2D eigenvalue weighted by Gasteiger charge is -2.37. The zero-order chi connectivity index (χ0) is 17.9. The molecule has 0 saturated carbocycles. The lowest BCUT2D eigenvalue weighted by molar-refractivity contribution is 0.0411. The predicted octanol–water partition coefficient (Wildman–Crippen LogP) is 2.21. The number of ether oxygens (including phenoxy) is 1. The number of furan rings is 1. The fourth-order valence-corrected chi connectivity index (χ4v) is 3.83. The van der Waals surface area contributed by atoms with Crippen LogP contribution in [0, 0.1) is 5.92 Å². The van der Waals surface area contributed by atoms with Crippen LogP contribution in [0.25, 0.3) is 0 Å². The number of carbonyl (C=O) groups is 1. The minimum Gasteiger partial charge on any atom is -0.467 e. The van der Waals surface area contributed by atoms with E-state index in [0.717, 1.165) is 57.3 Å². The van der Waals surface area contributed by atoms with Crippen molar-refractivity contribution < 1.29 is 13.9 Å². The second-order valence-electron chi connectivity index (χ2n) is 7.17. The monoisotopic (exact) mass is 358 g/mol. The van der Waals surface area contributed by atoms with Gasteiger partial charge >= 0.3 is 0 Å². The van der Waals surface area contributed by atoms with Gasteiger partial charge in [-0.1, -0.05) is 0 Å². The molecule has 0 spiro atoms. The number of fused-ring (bicyclic) bond motifs is 1. The summed E-state index contributed by atoms with van der Waals surface area (Å²) in [4.78, 5) is 19.5. The van der Waals surface area contributed by atoms with Crippen LogP contribution in [0.2, 0.25) is 0 Å². The van der Waals surface area contributed by atoms with Crippen LogP contribution in [0.4, 0.5) is 0 Å². The average Bonchev–Trinajstić information content (AvgIpc) is 3.33. The Hall–Kier alpha value is -2.12. The SMILES string of the molecule is C[C@H]1c2nc(C(=O)NCc3ccco3)cn2CCN1CC1CCOCC1. The summed E-state index contributed by atoms with van der Waals surface area (Å²) in [6.07, 6.45) is 5.75. The molecule has 7 heteroatoms. The van der Waals surface area contributed by atoms with E-state index in [1.54, 1.807) is 6.26 Å². The van der Waals surface area contributed by atoms with Crippen molar-refractivity contribution in [3.05, 3.63) is 41.9 Å². The highest BCUT2D eigenvalue weighted by Crippen LogP contribution is 2.27. The molecule has 1 atom stereocenters. The van der Waals surface area contributed by atoms with Crippen molar-refractivity contribution in [1.29, 1.82) is 0 Å². The van der Waals surface area contributed by atoms with E-state index in [4.69, 9.17) is 9.15 Å². The second kappa shape index (κ2) is 7.63. The summed E-state index contributed by atoms with van der Waals surface area (Å²) >= 11 is 0. The summed E-state index contributed by atoms with van der Waals surface area (Å²) in [7, 11) is 0. The first-order chi connectivity index (χ1) is 12.7. The molecule has 0 radical (unpaired) electrons. The van der Waals surface area contributed by atoms with Crippen LogP contribution >= 0.6 is 0 Å². The van der Waals surface area contributed by atoms with E-state index in [9.17, 15) is 4.79 Å². The largest absolute Gasteiger partial charge is 0.467 e. The molecular formula is C19H26N4O3. The van der Waals surface area contributed by atoms with Gasteiger partial charge in [-0.15, -0.1) is 0 Å². The number of amides is 1. The van der Waals surface area contributed by atoms with Gasteiger partial charge in [0.2, 0.25) is 0 Å². The minimum atomic E-state index is -0.161. The highest BCUT2D eigenvalue weighted by atomic mass is 16.5. The van der Waals surface area contributed by atoms with Gasteiger partial charge in [-0.25, -0.2) is 4.98 Å². The first kappa shape index (κ1) is 17.3. The van der Waals surface area contributed by atoms with Crippen LogP contribution in [0.5, 0.6) is 0 Å². The fourth-order valence-electron chi connectivity index (χ4n) is 3.83. The molecule has 7 nitrogen and oxygen atoms in total. The summed E-state index contributed by atoms with van der Waals surface area (Å²) in [6.45, 7) is 7.26. The maximum atomic E-state index is 12.4. The molecule has 140 valence electrons. The fraction of sp³-hybridized carbons (Fsp3) is 0.579. The first-order valence-corrected chi connectivity index (χ1v) is 9.40. The van der Waals surface area contributed by atoms with Crippen molar-refractivity contribution in [1.82, 2.24) is 19.8 Å². The topological polar surface area (TPSA) is 72.5 Å². The van der Waals surface area contributed by atoms with Crippen molar-refractivity contribution in [3.63, 3.8) is 0 Å². The van der Waals surface area contributed by atoms with Gasteiger partial charge < -0.3 is 19.0 Å². The summed E-state index contributed by atoms with van der Waals surface area (Å²) < 4.78 is 12.8. The molecule has 1 N–H and O–H groups in total. The molecule has 2 aromatic rings. The van der Waals surface area contributed by atoms with E-state index < -0.39 is 0 Å². The van der Waals surface area contributed by atoms with Crippen LogP contribution in [-0.4, -0.2) is 46.7 Å². The molecule has 2 aliphatic heterocycles. The number of nitrogens with zero attached hydrogens (tertiary/aromatic N) is 3. The van der Waals surface area contributed by atoms with Gasteiger partial charge in [0, 0.05) is 39.0 Å². The Labute approximate surface area is 153 Å². The smallest absolute Gasteiger partial charge is 0.271 e. The summed E-state index contributed by atoms with van der Waals surface area (Å²) in [5, 5.41) is 2.87. The zero-order valence-corrected chi connectivity index (χ0v) is 15.2. The maximum Gasteiger partial charge on any atom is 0.271 e. The normalized spacial score (nSPS) is 21.5. The highest BCUT2D eigenvalue weighted by molar-refractivity contribution is 5.92. The first-order valence-electron chi connectivity index (χ1n) is 9.40. The minimum absolute atomic E-state index is 0.161. The molecule has 1 saturated heterocycles. The lowest BCUT2D eigenvalue weighted by atomic mass is 9.98. The maximum absolute atomic E-state index is 12.4. The van der Waals surface area contributed by atoms with E-state index >= 15 is 0 Å².